The van der Waals surface area contributed by atoms with Crippen molar-refractivity contribution in [3.63, 3.8) is 0 Å². The molecule has 0 spiro atoms. The highest BCUT2D eigenvalue weighted by molar-refractivity contribution is 7.80. The Labute approximate surface area is 162 Å². The third kappa shape index (κ3) is 6.05. The minimum atomic E-state index is -0.353. The molecule has 2 rings (SSSR count). The average molecular weight is 394 g/mol. The molecule has 0 saturated heterocycles. The highest BCUT2D eigenvalue weighted by Crippen LogP contribution is 2.22. The van der Waals surface area contributed by atoms with Crippen LogP contribution in [-0.2, 0) is 4.79 Å². The van der Waals surface area contributed by atoms with Crippen molar-refractivity contribution >= 4 is 63.9 Å². The lowest BCUT2D eigenvalue weighted by atomic mass is 10.2. The molecule has 0 aliphatic carbocycles. The van der Waals surface area contributed by atoms with Gasteiger partial charge in [0.05, 0.1) is 0 Å². The summed E-state index contributed by atoms with van der Waals surface area (Å²) >= 11 is 17.0. The number of carbonyl (C=O) groups excluding carboxylic acids is 1. The molecule has 0 bridgehead atoms. The molecule has 7 heteroatoms. The van der Waals surface area contributed by atoms with Crippen molar-refractivity contribution in [3.05, 3.63) is 64.1 Å². The summed E-state index contributed by atoms with van der Waals surface area (Å²) in [6.07, 6.45) is 2.96. The van der Waals surface area contributed by atoms with Crippen LogP contribution in [0.4, 0.5) is 11.4 Å². The number of carbonyl (C=O) groups is 1. The Morgan fingerprint density at radius 3 is 2.40 bits per heavy atom. The largest absolute Gasteiger partial charge is 0.378 e. The van der Waals surface area contributed by atoms with Crippen LogP contribution in [0.2, 0.25) is 10.0 Å². The molecule has 0 atom stereocenters. The van der Waals surface area contributed by atoms with Crippen molar-refractivity contribution in [2.24, 2.45) is 0 Å². The Bertz CT molecular complexity index is 804. The van der Waals surface area contributed by atoms with Crippen LogP contribution in [0.15, 0.2) is 48.5 Å². The van der Waals surface area contributed by atoms with Gasteiger partial charge in [0.2, 0.25) is 5.91 Å². The zero-order valence-corrected chi connectivity index (χ0v) is 16.0. The van der Waals surface area contributed by atoms with Gasteiger partial charge in [0.1, 0.15) is 0 Å². The highest BCUT2D eigenvalue weighted by atomic mass is 35.5. The molecule has 4 nitrogen and oxygen atoms in total. The maximum absolute atomic E-state index is 11.9. The predicted octanol–water partition coefficient (Wildman–Crippen LogP) is 4.59. The fraction of sp³-hybridized carbons (Fsp3) is 0.111. The molecule has 0 aliphatic heterocycles. The fourth-order valence-electron chi connectivity index (χ4n) is 1.96. The zero-order valence-electron chi connectivity index (χ0n) is 13.7. The summed E-state index contributed by atoms with van der Waals surface area (Å²) in [6.45, 7) is 0. The Hall–Kier alpha value is -2.08. The van der Waals surface area contributed by atoms with Crippen LogP contribution in [-0.4, -0.2) is 25.1 Å². The van der Waals surface area contributed by atoms with Crippen molar-refractivity contribution < 1.29 is 4.79 Å². The molecule has 0 fully saturated rings. The molecule has 0 aliphatic rings. The molecule has 130 valence electrons. The van der Waals surface area contributed by atoms with Gasteiger partial charge in [0, 0.05) is 41.6 Å². The Morgan fingerprint density at radius 2 is 1.80 bits per heavy atom. The van der Waals surface area contributed by atoms with Gasteiger partial charge in [-0.15, -0.1) is 0 Å². The van der Waals surface area contributed by atoms with Crippen LogP contribution in [0, 0.1) is 0 Å². The normalized spacial score (nSPS) is 10.6. The van der Waals surface area contributed by atoms with Crippen molar-refractivity contribution in [1.82, 2.24) is 5.32 Å². The predicted molar refractivity (Wildman–Crippen MR) is 111 cm³/mol. The second kappa shape index (κ2) is 8.85. The third-order valence-corrected chi connectivity index (χ3v) is 4.02. The third-order valence-electron chi connectivity index (χ3n) is 3.26. The highest BCUT2D eigenvalue weighted by Gasteiger charge is 2.03. The molecule has 0 saturated carbocycles. The lowest BCUT2D eigenvalue weighted by Gasteiger charge is -2.13. The zero-order chi connectivity index (χ0) is 18.4. The second-order valence-corrected chi connectivity index (χ2v) is 6.64. The van der Waals surface area contributed by atoms with Crippen LogP contribution in [0.5, 0.6) is 0 Å². The molecule has 0 radical (unpaired) electrons. The number of hydrogen-bond acceptors (Lipinski definition) is 3. The molecule has 0 unspecified atom stereocenters. The van der Waals surface area contributed by atoms with E-state index in [-0.39, 0.29) is 11.0 Å². The van der Waals surface area contributed by atoms with Gasteiger partial charge in [-0.2, -0.15) is 0 Å². The van der Waals surface area contributed by atoms with E-state index in [1.807, 2.05) is 43.3 Å². The Kier molecular flexibility index (Phi) is 6.82. The summed E-state index contributed by atoms with van der Waals surface area (Å²) in [5, 5.41) is 6.77. The van der Waals surface area contributed by atoms with Gasteiger partial charge in [-0.1, -0.05) is 29.3 Å². The first-order valence-corrected chi connectivity index (χ1v) is 8.54. The van der Waals surface area contributed by atoms with Gasteiger partial charge in [0.25, 0.3) is 0 Å². The maximum Gasteiger partial charge on any atom is 0.250 e. The number of halogens is 2. The van der Waals surface area contributed by atoms with Gasteiger partial charge >= 0.3 is 0 Å². The summed E-state index contributed by atoms with van der Waals surface area (Å²) in [6, 6.07) is 12.7. The molecule has 25 heavy (non-hydrogen) atoms. The number of anilines is 2. The van der Waals surface area contributed by atoms with E-state index in [1.165, 1.54) is 6.08 Å². The molecular formula is C18H17Cl2N3OS. The van der Waals surface area contributed by atoms with Crippen LogP contribution >= 0.6 is 35.4 Å². The van der Waals surface area contributed by atoms with Gasteiger partial charge in [0.15, 0.2) is 5.11 Å². The Morgan fingerprint density at radius 1 is 1.12 bits per heavy atom. The van der Waals surface area contributed by atoms with E-state index in [9.17, 15) is 4.79 Å². The summed E-state index contributed by atoms with van der Waals surface area (Å²) in [4.78, 5) is 13.9. The fourth-order valence-corrected chi connectivity index (χ4v) is 2.65. The molecular weight excluding hydrogens is 377 g/mol. The van der Waals surface area contributed by atoms with Crippen LogP contribution in [0.1, 0.15) is 5.56 Å². The first-order chi connectivity index (χ1) is 11.8. The van der Waals surface area contributed by atoms with Crippen LogP contribution in [0.3, 0.4) is 0 Å². The average Bonchev–Trinajstić information content (AvgIpc) is 2.54. The quantitative estimate of drug-likeness (QED) is 0.588. The van der Waals surface area contributed by atoms with E-state index in [1.54, 1.807) is 24.3 Å². The maximum atomic E-state index is 11.9. The van der Waals surface area contributed by atoms with Crippen molar-refractivity contribution in [3.8, 4) is 0 Å². The molecule has 1 amide bonds. The minimum Gasteiger partial charge on any atom is -0.378 e. The van der Waals surface area contributed by atoms with Crippen molar-refractivity contribution in [2.45, 2.75) is 0 Å². The summed E-state index contributed by atoms with van der Waals surface area (Å²) < 4.78 is 0. The second-order valence-electron chi connectivity index (χ2n) is 5.38. The number of hydrogen-bond donors (Lipinski definition) is 2. The van der Waals surface area contributed by atoms with Crippen molar-refractivity contribution in [2.75, 3.05) is 24.3 Å². The van der Waals surface area contributed by atoms with Gasteiger partial charge in [-0.05, 0) is 60.3 Å². The van der Waals surface area contributed by atoms with E-state index < -0.39 is 0 Å². The number of benzene rings is 2. The molecule has 0 heterocycles. The van der Waals surface area contributed by atoms with Crippen molar-refractivity contribution in [1.29, 1.82) is 0 Å². The number of amides is 1. The standard InChI is InChI=1S/C18H17Cl2N3OS/c1-23(2)15-8-6-14(7-9-15)21-18(25)22-17(24)10-4-12-3-5-13(19)11-16(12)20/h3-11H,1-2H3,(H2,21,22,24,25)/b10-4+. The van der Waals surface area contributed by atoms with E-state index in [0.29, 0.717) is 15.6 Å². The molecule has 0 aromatic heterocycles. The van der Waals surface area contributed by atoms with E-state index in [2.05, 4.69) is 10.6 Å². The van der Waals surface area contributed by atoms with Gasteiger partial charge in [-0.3, -0.25) is 10.1 Å². The number of thiocarbonyl (C=S) groups is 1. The molecule has 2 aromatic carbocycles. The smallest absolute Gasteiger partial charge is 0.250 e. The van der Waals surface area contributed by atoms with Gasteiger partial charge < -0.3 is 10.2 Å². The molecule has 2 N–H and O–H groups in total. The first kappa shape index (κ1) is 19.2. The molecule has 2 aromatic rings. The lowest BCUT2D eigenvalue weighted by molar-refractivity contribution is -0.115. The number of nitrogens with one attached hydrogen (secondary N) is 2. The van der Waals surface area contributed by atoms with E-state index >= 15 is 0 Å². The van der Waals surface area contributed by atoms with Crippen LogP contribution < -0.4 is 15.5 Å². The monoisotopic (exact) mass is 393 g/mol. The number of nitrogens with zero attached hydrogens (tertiary/aromatic N) is 1. The SMILES string of the molecule is CN(C)c1ccc(NC(=S)NC(=O)/C=C/c2ccc(Cl)cc2Cl)cc1. The van der Waals surface area contributed by atoms with Gasteiger partial charge in [-0.25, -0.2) is 0 Å². The summed E-state index contributed by atoms with van der Waals surface area (Å²) in [5.74, 6) is -0.353. The number of rotatable bonds is 4. The first-order valence-electron chi connectivity index (χ1n) is 7.37. The van der Waals surface area contributed by atoms with E-state index in [0.717, 1.165) is 11.4 Å². The minimum absolute atomic E-state index is 0.217. The lowest BCUT2D eigenvalue weighted by Crippen LogP contribution is -2.32. The van der Waals surface area contributed by atoms with Crippen LogP contribution in [0.25, 0.3) is 6.08 Å². The van der Waals surface area contributed by atoms with E-state index in [4.69, 9.17) is 35.4 Å². The topological polar surface area (TPSA) is 44.4 Å². The summed E-state index contributed by atoms with van der Waals surface area (Å²) in [5.41, 5.74) is 2.56. The summed E-state index contributed by atoms with van der Waals surface area (Å²) in [7, 11) is 3.93. The Balaban J connectivity index is 1.91.